The van der Waals surface area contributed by atoms with Gasteiger partial charge in [-0.05, 0) is 30.3 Å². The zero-order chi connectivity index (χ0) is 14.6. The van der Waals surface area contributed by atoms with Gasteiger partial charge < -0.3 is 4.98 Å². The Labute approximate surface area is 128 Å². The molecule has 0 saturated carbocycles. The average molecular weight is 341 g/mol. The van der Waals surface area contributed by atoms with E-state index in [-0.39, 0.29) is 11.8 Å². The summed E-state index contributed by atoms with van der Waals surface area (Å²) in [6.07, 6.45) is 1.79. The quantitative estimate of drug-likeness (QED) is 0.686. The Morgan fingerprint density at radius 3 is 2.29 bits per heavy atom. The highest BCUT2D eigenvalue weighted by atomic mass is 79.9. The number of H-pyrrole nitrogens is 1. The van der Waals surface area contributed by atoms with Crippen molar-refractivity contribution in [3.8, 4) is 0 Å². The van der Waals surface area contributed by atoms with E-state index >= 15 is 0 Å². The lowest BCUT2D eigenvalue weighted by molar-refractivity contribution is 0.0926. The first kappa shape index (κ1) is 12.3. The molecule has 0 saturated heterocycles. The smallest absolute Gasteiger partial charge is 0.266 e. The van der Waals surface area contributed by atoms with Crippen molar-refractivity contribution in [2.24, 2.45) is 0 Å². The van der Waals surface area contributed by atoms with Gasteiger partial charge in [0.15, 0.2) is 0 Å². The van der Waals surface area contributed by atoms with E-state index in [1.807, 2.05) is 12.1 Å². The Morgan fingerprint density at radius 1 is 0.952 bits per heavy atom. The van der Waals surface area contributed by atoms with Crippen molar-refractivity contribution in [2.75, 3.05) is 4.90 Å². The van der Waals surface area contributed by atoms with Crippen LogP contribution in [0.5, 0.6) is 0 Å². The lowest BCUT2D eigenvalue weighted by Gasteiger charge is -2.15. The normalized spacial score (nSPS) is 14.0. The van der Waals surface area contributed by atoms with Crippen LogP contribution in [0.3, 0.4) is 0 Å². The van der Waals surface area contributed by atoms with Gasteiger partial charge in [-0.2, -0.15) is 0 Å². The summed E-state index contributed by atoms with van der Waals surface area (Å²) < 4.78 is 0.809. The summed E-state index contributed by atoms with van der Waals surface area (Å²) in [6.45, 7) is 0. The van der Waals surface area contributed by atoms with Gasteiger partial charge in [-0.15, -0.1) is 0 Å². The van der Waals surface area contributed by atoms with E-state index in [9.17, 15) is 9.59 Å². The highest BCUT2D eigenvalue weighted by Gasteiger charge is 2.37. The molecule has 21 heavy (non-hydrogen) atoms. The number of amides is 2. The average Bonchev–Trinajstić information content (AvgIpc) is 3.03. The molecule has 1 N–H and O–H groups in total. The fourth-order valence-corrected chi connectivity index (χ4v) is 3.15. The molecule has 0 aliphatic carbocycles. The maximum atomic E-state index is 12.6. The van der Waals surface area contributed by atoms with E-state index in [1.54, 1.807) is 36.5 Å². The predicted molar refractivity (Wildman–Crippen MR) is 83.6 cm³/mol. The molecule has 2 amide bonds. The van der Waals surface area contributed by atoms with Gasteiger partial charge in [0.1, 0.15) is 0 Å². The SMILES string of the molecule is O=C1c2ccccc2C(=O)N1c1cc(Br)cc2[nH]ccc12. The highest BCUT2D eigenvalue weighted by molar-refractivity contribution is 9.10. The zero-order valence-corrected chi connectivity index (χ0v) is 12.3. The van der Waals surface area contributed by atoms with E-state index in [0.717, 1.165) is 15.4 Å². The van der Waals surface area contributed by atoms with Crippen LogP contribution in [0.1, 0.15) is 20.7 Å². The maximum absolute atomic E-state index is 12.6. The summed E-state index contributed by atoms with van der Waals surface area (Å²) in [5, 5.41) is 0.840. The summed E-state index contributed by atoms with van der Waals surface area (Å²) >= 11 is 3.42. The fraction of sp³-hybridized carbons (Fsp3) is 0. The van der Waals surface area contributed by atoms with E-state index in [4.69, 9.17) is 0 Å². The van der Waals surface area contributed by atoms with Crippen LogP contribution < -0.4 is 4.90 Å². The minimum Gasteiger partial charge on any atom is -0.361 e. The Balaban J connectivity index is 1.97. The van der Waals surface area contributed by atoms with Crippen LogP contribution in [0, 0.1) is 0 Å². The van der Waals surface area contributed by atoms with E-state index < -0.39 is 0 Å². The molecule has 3 aromatic rings. The van der Waals surface area contributed by atoms with Crippen LogP contribution in [0.25, 0.3) is 10.9 Å². The summed E-state index contributed by atoms with van der Waals surface area (Å²) in [5.41, 5.74) is 2.36. The van der Waals surface area contributed by atoms with Gasteiger partial charge in [-0.1, -0.05) is 28.1 Å². The number of fused-ring (bicyclic) bond motifs is 2. The van der Waals surface area contributed by atoms with E-state index in [0.29, 0.717) is 16.8 Å². The van der Waals surface area contributed by atoms with E-state index in [1.165, 1.54) is 4.90 Å². The van der Waals surface area contributed by atoms with Crippen LogP contribution in [-0.2, 0) is 0 Å². The molecule has 0 fully saturated rings. The number of benzene rings is 2. The van der Waals surface area contributed by atoms with Crippen LogP contribution in [0.4, 0.5) is 5.69 Å². The number of carbonyl (C=O) groups is 2. The standard InChI is InChI=1S/C16H9BrN2O2/c17-9-7-13-12(5-6-18-13)14(8-9)19-15(20)10-3-1-2-4-11(10)16(19)21/h1-8,18H. The van der Waals surface area contributed by atoms with Crippen molar-refractivity contribution in [1.82, 2.24) is 4.98 Å². The van der Waals surface area contributed by atoms with Crippen molar-refractivity contribution in [3.63, 3.8) is 0 Å². The molecule has 1 aromatic heterocycles. The number of anilines is 1. The molecule has 102 valence electrons. The third-order valence-electron chi connectivity index (χ3n) is 3.65. The molecule has 1 aliphatic heterocycles. The molecule has 0 radical (unpaired) electrons. The molecule has 4 nitrogen and oxygen atoms in total. The van der Waals surface area contributed by atoms with Crippen LogP contribution in [0.15, 0.2) is 53.1 Å². The second kappa shape index (κ2) is 4.30. The molecular weight excluding hydrogens is 332 g/mol. The molecule has 0 spiro atoms. The monoisotopic (exact) mass is 340 g/mol. The number of nitrogens with one attached hydrogen (secondary N) is 1. The molecule has 1 aliphatic rings. The number of hydrogen-bond donors (Lipinski definition) is 1. The number of imide groups is 1. The molecule has 2 aromatic carbocycles. The fourth-order valence-electron chi connectivity index (χ4n) is 2.71. The molecular formula is C16H9BrN2O2. The molecule has 0 unspecified atom stereocenters. The van der Waals surface area contributed by atoms with Gasteiger partial charge in [0.2, 0.25) is 0 Å². The second-order valence-corrected chi connectivity index (χ2v) is 5.77. The van der Waals surface area contributed by atoms with Crippen molar-refractivity contribution < 1.29 is 9.59 Å². The lowest BCUT2D eigenvalue weighted by Crippen LogP contribution is -2.29. The molecule has 0 bridgehead atoms. The third kappa shape index (κ3) is 1.67. The van der Waals surface area contributed by atoms with Crippen LogP contribution >= 0.6 is 15.9 Å². The summed E-state index contributed by atoms with van der Waals surface area (Å²) in [6, 6.07) is 12.5. The predicted octanol–water partition coefficient (Wildman–Crippen LogP) is 3.73. The lowest BCUT2D eigenvalue weighted by atomic mass is 10.1. The summed E-state index contributed by atoms with van der Waals surface area (Å²) in [7, 11) is 0. The van der Waals surface area contributed by atoms with Gasteiger partial charge in [0.05, 0.1) is 16.8 Å². The number of aromatic amines is 1. The minimum atomic E-state index is -0.281. The number of hydrogen-bond acceptors (Lipinski definition) is 2. The second-order valence-electron chi connectivity index (χ2n) is 4.86. The third-order valence-corrected chi connectivity index (χ3v) is 4.10. The molecule has 4 rings (SSSR count). The first-order valence-corrected chi connectivity index (χ1v) is 7.20. The van der Waals surface area contributed by atoms with E-state index in [2.05, 4.69) is 20.9 Å². The number of carbonyl (C=O) groups excluding carboxylic acids is 2. The van der Waals surface area contributed by atoms with Gasteiger partial charge in [0, 0.05) is 21.6 Å². The molecule has 2 heterocycles. The topological polar surface area (TPSA) is 53.2 Å². The van der Waals surface area contributed by atoms with Crippen LogP contribution in [0.2, 0.25) is 0 Å². The number of rotatable bonds is 1. The number of aromatic nitrogens is 1. The van der Waals surface area contributed by atoms with Gasteiger partial charge in [0.25, 0.3) is 11.8 Å². The zero-order valence-electron chi connectivity index (χ0n) is 10.8. The Morgan fingerprint density at radius 2 is 1.62 bits per heavy atom. The molecule has 0 atom stereocenters. The van der Waals surface area contributed by atoms with Gasteiger partial charge >= 0.3 is 0 Å². The maximum Gasteiger partial charge on any atom is 0.266 e. The molecule has 5 heteroatoms. The Kier molecular flexibility index (Phi) is 2.53. The first-order chi connectivity index (χ1) is 10.2. The van der Waals surface area contributed by atoms with Crippen molar-refractivity contribution >= 4 is 44.3 Å². The largest absolute Gasteiger partial charge is 0.361 e. The summed E-state index contributed by atoms with van der Waals surface area (Å²) in [4.78, 5) is 29.5. The Bertz CT molecular complexity index is 879. The van der Waals surface area contributed by atoms with Crippen molar-refractivity contribution in [1.29, 1.82) is 0 Å². The summed E-state index contributed by atoms with van der Waals surface area (Å²) in [5.74, 6) is -0.563. The minimum absolute atomic E-state index is 0.281. The number of halogens is 1. The van der Waals surface area contributed by atoms with Crippen molar-refractivity contribution in [3.05, 3.63) is 64.3 Å². The Hall–Kier alpha value is -2.40. The number of nitrogens with zero attached hydrogens (tertiary/aromatic N) is 1. The van der Waals surface area contributed by atoms with Crippen molar-refractivity contribution in [2.45, 2.75) is 0 Å². The van der Waals surface area contributed by atoms with Gasteiger partial charge in [-0.25, -0.2) is 4.90 Å². The van der Waals surface area contributed by atoms with Gasteiger partial charge in [-0.3, -0.25) is 9.59 Å². The highest BCUT2D eigenvalue weighted by Crippen LogP contribution is 2.35. The van der Waals surface area contributed by atoms with Crippen LogP contribution in [-0.4, -0.2) is 16.8 Å². The first-order valence-electron chi connectivity index (χ1n) is 6.41.